The van der Waals surface area contributed by atoms with E-state index < -0.39 is 17.8 Å². The van der Waals surface area contributed by atoms with Crippen LogP contribution in [0.15, 0.2) is 57.8 Å². The van der Waals surface area contributed by atoms with Crippen LogP contribution in [0.25, 0.3) is 5.65 Å². The Morgan fingerprint density at radius 3 is 2.73 bits per heavy atom. The maximum Gasteiger partial charge on any atom is 0.418 e. The van der Waals surface area contributed by atoms with Crippen LogP contribution in [0.4, 0.5) is 28.8 Å². The highest BCUT2D eigenvalue weighted by atomic mass is 32.2. The van der Waals surface area contributed by atoms with Crippen LogP contribution in [0.3, 0.4) is 0 Å². The minimum Gasteiger partial charge on any atom is -0.307 e. The SMILES string of the molecule is Cc1ccc2nc(CSc3nnc(NC(=O)Nc4ccccc4C(F)(F)F)s3)cc(=O)n2c1. The average molecular weight is 493 g/mol. The number of fused-ring (bicyclic) bond motifs is 1. The van der Waals surface area contributed by atoms with Crippen LogP contribution in [0.1, 0.15) is 16.8 Å². The first kappa shape index (κ1) is 22.7. The number of hydrogen-bond donors (Lipinski definition) is 2. The van der Waals surface area contributed by atoms with Crippen LogP contribution in [-0.2, 0) is 11.9 Å². The van der Waals surface area contributed by atoms with Crippen molar-refractivity contribution in [3.8, 4) is 0 Å². The zero-order valence-corrected chi connectivity index (χ0v) is 18.5. The molecule has 3 heterocycles. The van der Waals surface area contributed by atoms with Crippen molar-refractivity contribution in [2.75, 3.05) is 10.6 Å². The number of aryl methyl sites for hydroxylation is 1. The summed E-state index contributed by atoms with van der Waals surface area (Å²) in [5.74, 6) is 0.347. The molecule has 170 valence electrons. The quantitative estimate of drug-likeness (QED) is 0.306. The Labute approximate surface area is 192 Å². The molecular formula is C20H15F3N6O2S2. The van der Waals surface area contributed by atoms with Crippen molar-refractivity contribution < 1.29 is 18.0 Å². The largest absolute Gasteiger partial charge is 0.418 e. The lowest BCUT2D eigenvalue weighted by Gasteiger charge is -2.13. The Morgan fingerprint density at radius 1 is 1.15 bits per heavy atom. The third-order valence-electron chi connectivity index (χ3n) is 4.31. The summed E-state index contributed by atoms with van der Waals surface area (Å²) in [6.07, 6.45) is -2.89. The van der Waals surface area contributed by atoms with Gasteiger partial charge in [-0.25, -0.2) is 9.78 Å². The average Bonchev–Trinajstić information content (AvgIpc) is 3.19. The second-order valence-electron chi connectivity index (χ2n) is 6.80. The van der Waals surface area contributed by atoms with Crippen LogP contribution < -0.4 is 16.2 Å². The Morgan fingerprint density at radius 2 is 1.94 bits per heavy atom. The fourth-order valence-corrected chi connectivity index (χ4v) is 4.52. The molecule has 0 radical (unpaired) electrons. The molecule has 8 nitrogen and oxygen atoms in total. The summed E-state index contributed by atoms with van der Waals surface area (Å²) in [5.41, 5.74) is 0.496. The molecule has 0 saturated carbocycles. The summed E-state index contributed by atoms with van der Waals surface area (Å²) < 4.78 is 41.1. The first-order chi connectivity index (χ1) is 15.7. The molecule has 0 aliphatic carbocycles. The van der Waals surface area contributed by atoms with Gasteiger partial charge >= 0.3 is 12.2 Å². The second-order valence-corrected chi connectivity index (χ2v) is 9.00. The van der Waals surface area contributed by atoms with E-state index in [1.807, 2.05) is 13.0 Å². The van der Waals surface area contributed by atoms with E-state index in [1.54, 1.807) is 12.3 Å². The molecule has 4 aromatic rings. The number of pyridine rings is 1. The number of thioether (sulfide) groups is 1. The fourth-order valence-electron chi connectivity index (χ4n) is 2.88. The number of nitrogens with one attached hydrogen (secondary N) is 2. The number of aromatic nitrogens is 4. The predicted octanol–water partition coefficient (Wildman–Crippen LogP) is 4.81. The van der Waals surface area contributed by atoms with Crippen LogP contribution >= 0.6 is 23.1 Å². The molecule has 33 heavy (non-hydrogen) atoms. The summed E-state index contributed by atoms with van der Waals surface area (Å²) in [6.45, 7) is 1.88. The van der Waals surface area contributed by atoms with E-state index >= 15 is 0 Å². The summed E-state index contributed by atoms with van der Waals surface area (Å²) >= 11 is 2.31. The van der Waals surface area contributed by atoms with E-state index in [2.05, 4.69) is 25.8 Å². The molecule has 4 rings (SSSR count). The van der Waals surface area contributed by atoms with Gasteiger partial charge in [0.25, 0.3) is 5.56 Å². The highest BCUT2D eigenvalue weighted by Gasteiger charge is 2.33. The zero-order chi connectivity index (χ0) is 23.6. The number of nitrogens with zero attached hydrogens (tertiary/aromatic N) is 4. The minimum absolute atomic E-state index is 0.113. The second kappa shape index (κ2) is 9.19. The maximum atomic E-state index is 13.1. The van der Waals surface area contributed by atoms with Gasteiger partial charge in [-0.2, -0.15) is 13.2 Å². The Hall–Kier alpha value is -3.45. The maximum absolute atomic E-state index is 13.1. The van der Waals surface area contributed by atoms with Gasteiger partial charge in [0.2, 0.25) is 5.13 Å². The van der Waals surface area contributed by atoms with Crippen LogP contribution in [0, 0.1) is 6.92 Å². The monoisotopic (exact) mass is 492 g/mol. The first-order valence-corrected chi connectivity index (χ1v) is 11.2. The lowest BCUT2D eigenvalue weighted by Crippen LogP contribution is -2.21. The molecule has 0 aliphatic rings. The summed E-state index contributed by atoms with van der Waals surface area (Å²) in [7, 11) is 0. The zero-order valence-electron chi connectivity index (χ0n) is 16.9. The van der Waals surface area contributed by atoms with Gasteiger partial charge in [-0.1, -0.05) is 41.3 Å². The molecule has 0 spiro atoms. The van der Waals surface area contributed by atoms with Gasteiger partial charge < -0.3 is 5.32 Å². The van der Waals surface area contributed by atoms with E-state index in [0.29, 0.717) is 21.4 Å². The van der Waals surface area contributed by atoms with Crippen molar-refractivity contribution >= 4 is 45.6 Å². The molecule has 0 bridgehead atoms. The molecule has 2 amide bonds. The van der Waals surface area contributed by atoms with Gasteiger partial charge in [-0.15, -0.1) is 10.2 Å². The van der Waals surface area contributed by atoms with Gasteiger partial charge in [0.05, 0.1) is 16.9 Å². The number of hydrogen-bond acceptors (Lipinski definition) is 7. The Bertz CT molecular complexity index is 1390. The molecule has 0 saturated heterocycles. The van der Waals surface area contributed by atoms with Crippen LogP contribution in [0.5, 0.6) is 0 Å². The lowest BCUT2D eigenvalue weighted by atomic mass is 10.1. The standard InChI is InChI=1S/C20H15F3N6O2S2/c1-11-6-7-15-24-12(8-16(30)29(15)9-11)10-32-19-28-27-18(33-19)26-17(31)25-14-5-3-2-4-13(14)20(21,22)23/h2-9H,10H2,1H3,(H2,25,26,27,31). The van der Waals surface area contributed by atoms with E-state index in [0.717, 1.165) is 29.0 Å². The highest BCUT2D eigenvalue weighted by molar-refractivity contribution is 8.00. The third-order valence-corrected chi connectivity index (χ3v) is 6.32. The Balaban J connectivity index is 1.39. The number of para-hydroxylation sites is 1. The molecule has 2 N–H and O–H groups in total. The van der Waals surface area contributed by atoms with Gasteiger partial charge in [-0.3, -0.25) is 14.5 Å². The number of alkyl halides is 3. The number of anilines is 2. The topological polar surface area (TPSA) is 101 Å². The minimum atomic E-state index is -4.60. The van der Waals surface area contributed by atoms with Gasteiger partial charge in [0, 0.05) is 18.0 Å². The van der Waals surface area contributed by atoms with E-state index in [9.17, 15) is 22.8 Å². The molecule has 1 aromatic carbocycles. The predicted molar refractivity (Wildman–Crippen MR) is 120 cm³/mol. The molecule has 0 atom stereocenters. The number of urea groups is 1. The van der Waals surface area contributed by atoms with Gasteiger partial charge in [-0.05, 0) is 30.7 Å². The number of carbonyl (C=O) groups is 1. The normalized spacial score (nSPS) is 11.5. The summed E-state index contributed by atoms with van der Waals surface area (Å²) in [4.78, 5) is 28.9. The summed E-state index contributed by atoms with van der Waals surface area (Å²) in [6, 6.07) is 8.84. The highest BCUT2D eigenvalue weighted by Crippen LogP contribution is 2.34. The van der Waals surface area contributed by atoms with E-state index in [-0.39, 0.29) is 16.4 Å². The van der Waals surface area contributed by atoms with Gasteiger partial charge in [0.1, 0.15) is 5.65 Å². The fraction of sp³-hybridized carbons (Fsp3) is 0.150. The van der Waals surface area contributed by atoms with Crippen molar-refractivity contribution in [2.45, 2.75) is 23.2 Å². The van der Waals surface area contributed by atoms with Gasteiger partial charge in [0.15, 0.2) is 4.34 Å². The van der Waals surface area contributed by atoms with Crippen LogP contribution in [0.2, 0.25) is 0 Å². The number of amides is 2. The lowest BCUT2D eigenvalue weighted by molar-refractivity contribution is -0.136. The number of halogens is 3. The number of rotatable bonds is 5. The van der Waals surface area contributed by atoms with E-state index in [4.69, 9.17) is 0 Å². The molecule has 3 aromatic heterocycles. The van der Waals surface area contributed by atoms with E-state index in [1.165, 1.54) is 34.4 Å². The molecule has 0 fully saturated rings. The third kappa shape index (κ3) is 5.49. The smallest absolute Gasteiger partial charge is 0.307 e. The molecule has 0 aliphatic heterocycles. The summed E-state index contributed by atoms with van der Waals surface area (Å²) in [5, 5.41) is 12.4. The van der Waals surface area contributed by atoms with Crippen molar-refractivity contribution in [2.24, 2.45) is 0 Å². The van der Waals surface area contributed by atoms with Crippen molar-refractivity contribution in [3.05, 3.63) is 75.8 Å². The Kier molecular flexibility index (Phi) is 6.33. The van der Waals surface area contributed by atoms with Crippen molar-refractivity contribution in [1.82, 2.24) is 19.6 Å². The van der Waals surface area contributed by atoms with Crippen molar-refractivity contribution in [1.29, 1.82) is 0 Å². The molecule has 13 heteroatoms. The molecule has 0 unspecified atom stereocenters. The number of benzene rings is 1. The molecular weight excluding hydrogens is 477 g/mol. The van der Waals surface area contributed by atoms with Crippen LogP contribution in [-0.4, -0.2) is 25.6 Å². The first-order valence-electron chi connectivity index (χ1n) is 9.38. The number of carbonyl (C=O) groups excluding carboxylic acids is 1. The van der Waals surface area contributed by atoms with Crippen molar-refractivity contribution in [3.63, 3.8) is 0 Å².